The maximum atomic E-state index is 10.3. The van der Waals surface area contributed by atoms with E-state index in [1.165, 1.54) is 0 Å². The van der Waals surface area contributed by atoms with Gasteiger partial charge in [-0.15, -0.1) is 0 Å². The number of aromatic nitrogens is 2. The van der Waals surface area contributed by atoms with E-state index in [1.807, 2.05) is 54.6 Å². The lowest BCUT2D eigenvalue weighted by molar-refractivity contribution is 0.415. The summed E-state index contributed by atoms with van der Waals surface area (Å²) in [4.78, 5) is 7.65. The van der Waals surface area contributed by atoms with Crippen LogP contribution in [0.2, 0.25) is 0 Å². The molecule has 4 rings (SSSR count). The van der Waals surface area contributed by atoms with Gasteiger partial charge in [-0.3, -0.25) is 0 Å². The number of aromatic amines is 1. The van der Waals surface area contributed by atoms with Crippen LogP contribution in [0.4, 0.5) is 0 Å². The average Bonchev–Trinajstić information content (AvgIpc) is 2.89. The maximum Gasteiger partial charge on any atom is 0.199 e. The monoisotopic (exact) mass is 290 g/mol. The van der Waals surface area contributed by atoms with Crippen molar-refractivity contribution < 1.29 is 9.84 Å². The van der Waals surface area contributed by atoms with Crippen molar-refractivity contribution in [2.45, 2.75) is 0 Å². The summed E-state index contributed by atoms with van der Waals surface area (Å²) >= 11 is 0. The number of methoxy groups -OCH3 is 1. The first-order valence-corrected chi connectivity index (χ1v) is 7.01. The van der Waals surface area contributed by atoms with Gasteiger partial charge in [-0.05, 0) is 30.3 Å². The second-order valence-corrected chi connectivity index (χ2v) is 5.15. The molecule has 108 valence electrons. The van der Waals surface area contributed by atoms with Crippen molar-refractivity contribution in [3.05, 3.63) is 54.6 Å². The van der Waals surface area contributed by atoms with Crippen LogP contribution in [-0.4, -0.2) is 22.2 Å². The molecule has 0 spiro atoms. The molecule has 0 atom stereocenters. The Morgan fingerprint density at radius 3 is 2.77 bits per heavy atom. The number of H-pyrrole nitrogens is 1. The van der Waals surface area contributed by atoms with Crippen LogP contribution in [0.15, 0.2) is 54.6 Å². The van der Waals surface area contributed by atoms with Gasteiger partial charge in [0.25, 0.3) is 0 Å². The predicted octanol–water partition coefficient (Wildman–Crippen LogP) is 4.10. The number of nitrogens with one attached hydrogen (secondary N) is 1. The van der Waals surface area contributed by atoms with Gasteiger partial charge in [0.1, 0.15) is 5.75 Å². The van der Waals surface area contributed by atoms with Crippen molar-refractivity contribution >= 4 is 21.8 Å². The number of rotatable bonds is 2. The van der Waals surface area contributed by atoms with E-state index in [9.17, 15) is 5.11 Å². The highest BCUT2D eigenvalue weighted by Gasteiger charge is 2.15. The van der Waals surface area contributed by atoms with Gasteiger partial charge in [0.05, 0.1) is 23.9 Å². The van der Waals surface area contributed by atoms with E-state index in [4.69, 9.17) is 4.74 Å². The summed E-state index contributed by atoms with van der Waals surface area (Å²) < 4.78 is 5.28. The predicted molar refractivity (Wildman–Crippen MR) is 87.3 cm³/mol. The lowest BCUT2D eigenvalue weighted by Crippen LogP contribution is -1.85. The summed E-state index contributed by atoms with van der Waals surface area (Å²) in [6.07, 6.45) is 0. The molecule has 0 amide bonds. The number of para-hydroxylation sites is 1. The Morgan fingerprint density at radius 2 is 1.91 bits per heavy atom. The van der Waals surface area contributed by atoms with E-state index in [0.29, 0.717) is 5.56 Å². The molecule has 2 aromatic carbocycles. The third-order valence-electron chi connectivity index (χ3n) is 3.84. The zero-order chi connectivity index (χ0) is 15.1. The standard InChI is InChI=1S/C18H14N2O2/c1-22-12-7-9-15-13(10-12)17(18(21)20-15)16-8-6-11-4-2-3-5-14(11)19-16/h2-10,20-21H,1H3. The van der Waals surface area contributed by atoms with E-state index in [0.717, 1.165) is 33.2 Å². The molecular weight excluding hydrogens is 276 g/mol. The summed E-state index contributed by atoms with van der Waals surface area (Å²) in [6.45, 7) is 0. The van der Waals surface area contributed by atoms with Crippen LogP contribution >= 0.6 is 0 Å². The second-order valence-electron chi connectivity index (χ2n) is 5.15. The van der Waals surface area contributed by atoms with Gasteiger partial charge in [0, 0.05) is 16.3 Å². The minimum Gasteiger partial charge on any atom is -0.497 e. The SMILES string of the molecule is COc1ccc2[nH]c(O)c(-c3ccc4ccccc4n3)c2c1. The largest absolute Gasteiger partial charge is 0.497 e. The van der Waals surface area contributed by atoms with Crippen molar-refractivity contribution in [1.82, 2.24) is 9.97 Å². The fourth-order valence-corrected chi connectivity index (χ4v) is 2.75. The minimum absolute atomic E-state index is 0.117. The van der Waals surface area contributed by atoms with Gasteiger partial charge in [-0.1, -0.05) is 24.3 Å². The fourth-order valence-electron chi connectivity index (χ4n) is 2.75. The molecular formula is C18H14N2O2. The average molecular weight is 290 g/mol. The smallest absolute Gasteiger partial charge is 0.199 e. The maximum absolute atomic E-state index is 10.3. The van der Waals surface area contributed by atoms with Crippen molar-refractivity contribution in [2.75, 3.05) is 7.11 Å². The zero-order valence-electron chi connectivity index (χ0n) is 12.0. The number of pyridine rings is 1. The molecule has 0 aliphatic rings. The first-order chi connectivity index (χ1) is 10.8. The van der Waals surface area contributed by atoms with Crippen LogP contribution in [0.25, 0.3) is 33.1 Å². The molecule has 22 heavy (non-hydrogen) atoms. The summed E-state index contributed by atoms with van der Waals surface area (Å²) in [5, 5.41) is 12.2. The molecule has 0 saturated heterocycles. The zero-order valence-corrected chi connectivity index (χ0v) is 12.0. The molecule has 4 heteroatoms. The number of hydrogen-bond acceptors (Lipinski definition) is 3. The molecule has 2 aromatic heterocycles. The Balaban J connectivity index is 2.00. The van der Waals surface area contributed by atoms with Crippen molar-refractivity contribution in [3.63, 3.8) is 0 Å². The highest BCUT2D eigenvalue weighted by atomic mass is 16.5. The van der Waals surface area contributed by atoms with E-state index < -0.39 is 0 Å². The highest BCUT2D eigenvalue weighted by molar-refractivity contribution is 5.99. The Bertz CT molecular complexity index is 989. The number of hydrogen-bond donors (Lipinski definition) is 2. The third-order valence-corrected chi connectivity index (χ3v) is 3.84. The van der Waals surface area contributed by atoms with E-state index >= 15 is 0 Å². The number of nitrogens with zero attached hydrogens (tertiary/aromatic N) is 1. The van der Waals surface area contributed by atoms with Crippen LogP contribution < -0.4 is 4.74 Å². The molecule has 0 radical (unpaired) electrons. The molecule has 0 unspecified atom stereocenters. The number of ether oxygens (including phenoxy) is 1. The van der Waals surface area contributed by atoms with Crippen LogP contribution in [0, 0.1) is 0 Å². The molecule has 4 nitrogen and oxygen atoms in total. The first-order valence-electron chi connectivity index (χ1n) is 7.01. The lowest BCUT2D eigenvalue weighted by atomic mass is 10.1. The van der Waals surface area contributed by atoms with E-state index in [2.05, 4.69) is 9.97 Å². The molecule has 0 aliphatic heterocycles. The molecule has 0 saturated carbocycles. The molecule has 0 fully saturated rings. The first kappa shape index (κ1) is 12.7. The fraction of sp³-hybridized carbons (Fsp3) is 0.0556. The van der Waals surface area contributed by atoms with Crippen LogP contribution in [0.5, 0.6) is 11.6 Å². The van der Waals surface area contributed by atoms with Gasteiger partial charge >= 0.3 is 0 Å². The Morgan fingerprint density at radius 1 is 1.05 bits per heavy atom. The van der Waals surface area contributed by atoms with Gasteiger partial charge in [-0.25, -0.2) is 4.98 Å². The summed E-state index contributed by atoms with van der Waals surface area (Å²) in [7, 11) is 1.63. The van der Waals surface area contributed by atoms with Gasteiger partial charge in [0.15, 0.2) is 5.88 Å². The number of aromatic hydroxyl groups is 1. The molecule has 0 bridgehead atoms. The van der Waals surface area contributed by atoms with Crippen molar-refractivity contribution in [3.8, 4) is 22.9 Å². The molecule has 2 heterocycles. The Kier molecular flexibility index (Phi) is 2.76. The highest BCUT2D eigenvalue weighted by Crippen LogP contribution is 2.37. The normalized spacial score (nSPS) is 11.1. The number of fused-ring (bicyclic) bond motifs is 2. The van der Waals surface area contributed by atoms with Crippen LogP contribution in [-0.2, 0) is 0 Å². The van der Waals surface area contributed by atoms with Gasteiger partial charge in [-0.2, -0.15) is 0 Å². The quantitative estimate of drug-likeness (QED) is 0.584. The van der Waals surface area contributed by atoms with Crippen molar-refractivity contribution in [2.24, 2.45) is 0 Å². The van der Waals surface area contributed by atoms with E-state index in [1.54, 1.807) is 7.11 Å². The van der Waals surface area contributed by atoms with Gasteiger partial charge in [0.2, 0.25) is 0 Å². The summed E-state index contributed by atoms with van der Waals surface area (Å²) in [5.41, 5.74) is 3.18. The Hall–Kier alpha value is -3.01. The Labute approximate surface area is 127 Å². The minimum atomic E-state index is 0.117. The summed E-state index contributed by atoms with van der Waals surface area (Å²) in [6, 6.07) is 17.5. The second kappa shape index (κ2) is 4.77. The molecule has 2 N–H and O–H groups in total. The van der Waals surface area contributed by atoms with Crippen LogP contribution in [0.1, 0.15) is 0 Å². The van der Waals surface area contributed by atoms with Gasteiger partial charge < -0.3 is 14.8 Å². The van der Waals surface area contributed by atoms with Crippen LogP contribution in [0.3, 0.4) is 0 Å². The summed E-state index contributed by atoms with van der Waals surface area (Å²) in [5.74, 6) is 0.861. The molecule has 0 aliphatic carbocycles. The number of benzene rings is 2. The molecule has 4 aromatic rings. The lowest BCUT2D eigenvalue weighted by Gasteiger charge is -2.04. The van der Waals surface area contributed by atoms with Crippen molar-refractivity contribution in [1.29, 1.82) is 0 Å². The third kappa shape index (κ3) is 1.89. The topological polar surface area (TPSA) is 58.1 Å². The van der Waals surface area contributed by atoms with E-state index in [-0.39, 0.29) is 5.88 Å².